The summed E-state index contributed by atoms with van der Waals surface area (Å²) in [7, 11) is 0. The first kappa shape index (κ1) is 194. The molecular formula is C3H12N4. The molecule has 4 nitrogen and oxygen atoms in total. The molecule has 0 N–H and O–H groups in total. The Morgan fingerprint density at radius 3 is 0.429 bits per heavy atom. The molecule has 0 unspecified atom stereocenters. The monoisotopic (exact) mass is 104 g/mol. The lowest BCUT2D eigenvalue weighted by Crippen LogP contribution is -0.562. The molecule has 0 aromatic carbocycles. The van der Waals surface area contributed by atoms with E-state index in [1.807, 2.05) is 0 Å². The largest absolute Gasteiger partial charge is 0.0776 e. The SMILES string of the molecule is C.C.C.N#N.N#N. The Morgan fingerprint density at radius 2 is 0.429 bits per heavy atom. The maximum absolute atomic E-state index is 6.00. The van der Waals surface area contributed by atoms with Crippen molar-refractivity contribution in [3.05, 3.63) is 0 Å². The predicted octanol–water partition coefficient (Wildman–Crippen LogP) is 1.97. The second kappa shape index (κ2) is 53.0. The Balaban J connectivity index is -0.00000000267. The van der Waals surface area contributed by atoms with Crippen molar-refractivity contribution in [3.8, 4) is 0 Å². The minimum atomic E-state index is 0. The molecule has 0 spiro atoms. The number of hydrogen-bond donors (Lipinski definition) is 0. The van der Waals surface area contributed by atoms with Crippen LogP contribution in [0.4, 0.5) is 0 Å². The first-order valence-electron chi connectivity index (χ1n) is 0.400. The van der Waals surface area contributed by atoms with E-state index in [9.17, 15) is 0 Å². The van der Waals surface area contributed by atoms with Crippen LogP contribution in [0.3, 0.4) is 0 Å². The molecule has 0 saturated heterocycles. The third-order valence-corrected chi connectivity index (χ3v) is 0. The van der Waals surface area contributed by atoms with Crippen LogP contribution in [0.25, 0.3) is 0 Å². The van der Waals surface area contributed by atoms with Gasteiger partial charge in [-0.1, -0.05) is 22.3 Å². The summed E-state index contributed by atoms with van der Waals surface area (Å²) in [6, 6.07) is 0. The molecule has 0 amide bonds. The summed E-state index contributed by atoms with van der Waals surface area (Å²) in [4.78, 5) is 0. The van der Waals surface area contributed by atoms with E-state index in [0.29, 0.717) is 0 Å². The lowest BCUT2D eigenvalue weighted by atomic mass is 12.0. The van der Waals surface area contributed by atoms with Crippen LogP contribution in [-0.4, -0.2) is 0 Å². The first-order valence-corrected chi connectivity index (χ1v) is 0.400. The van der Waals surface area contributed by atoms with Gasteiger partial charge in [-0.15, -0.1) is 0 Å². The van der Waals surface area contributed by atoms with Gasteiger partial charge in [0.05, 0.1) is 0 Å². The Hall–Kier alpha value is -1.16. The number of hydrogen-bond acceptors (Lipinski definition) is 4. The van der Waals surface area contributed by atoms with Crippen LogP contribution >= 0.6 is 0 Å². The summed E-state index contributed by atoms with van der Waals surface area (Å²) in [5.41, 5.74) is 0. The Bertz CT molecular complexity index is 22.4. The van der Waals surface area contributed by atoms with E-state index in [2.05, 4.69) is 0 Å². The molecule has 0 atom stereocenters. The summed E-state index contributed by atoms with van der Waals surface area (Å²) in [6.07, 6.45) is 0. The van der Waals surface area contributed by atoms with E-state index in [1.54, 1.807) is 0 Å². The van der Waals surface area contributed by atoms with Crippen LogP contribution in [-0.2, 0) is 0 Å². The van der Waals surface area contributed by atoms with Gasteiger partial charge in [0, 0.05) is 21.6 Å². The highest BCUT2D eigenvalue weighted by molar-refractivity contribution is 2.51. The zero-order valence-electron chi connectivity index (χ0n) is 1.79. The van der Waals surface area contributed by atoms with Crippen molar-refractivity contribution in [1.29, 1.82) is 21.6 Å². The third kappa shape index (κ3) is 29.0. The predicted molar refractivity (Wildman–Crippen MR) is 27.1 cm³/mol. The highest BCUT2D eigenvalue weighted by atomic mass is 14.6. The summed E-state index contributed by atoms with van der Waals surface area (Å²) >= 11 is 0. The average molecular weight is 104 g/mol. The zero-order chi connectivity index (χ0) is 4.00. The normalized spacial score (nSPS) is 0.571. The quantitative estimate of drug-likeness (QED) is 0.439. The molecule has 0 heterocycles. The van der Waals surface area contributed by atoms with Crippen molar-refractivity contribution in [2.24, 2.45) is 0 Å². The van der Waals surface area contributed by atoms with Gasteiger partial charge in [0.2, 0.25) is 0 Å². The average Bonchev–Trinajstić information content (AvgIpc) is 1.50. The van der Waals surface area contributed by atoms with Gasteiger partial charge < -0.3 is 0 Å². The third-order valence-electron chi connectivity index (χ3n) is 0. The van der Waals surface area contributed by atoms with E-state index in [-0.39, 0.29) is 22.3 Å². The van der Waals surface area contributed by atoms with Crippen molar-refractivity contribution in [2.45, 2.75) is 22.3 Å². The van der Waals surface area contributed by atoms with Gasteiger partial charge in [0.1, 0.15) is 0 Å². The van der Waals surface area contributed by atoms with Crippen molar-refractivity contribution in [2.75, 3.05) is 0 Å². The van der Waals surface area contributed by atoms with Crippen LogP contribution in [0, 0.1) is 21.6 Å². The molecule has 7 heavy (non-hydrogen) atoms. The van der Waals surface area contributed by atoms with Crippen LogP contribution in [0.1, 0.15) is 22.3 Å². The van der Waals surface area contributed by atoms with Gasteiger partial charge in [0.15, 0.2) is 0 Å². The molecular weight excluding hydrogens is 92.1 g/mol. The second-order valence-corrected chi connectivity index (χ2v) is 0. The topological polar surface area (TPSA) is 95.2 Å². The smallest absolute Gasteiger partial charge is 0 e. The molecule has 0 aliphatic carbocycles. The van der Waals surface area contributed by atoms with Gasteiger partial charge in [-0.25, -0.2) is 0 Å². The Labute approximate surface area is 45.0 Å². The summed E-state index contributed by atoms with van der Waals surface area (Å²) in [6.45, 7) is 0. The maximum atomic E-state index is 6.00. The van der Waals surface area contributed by atoms with E-state index >= 15 is 0 Å². The fourth-order valence-electron chi connectivity index (χ4n) is 0. The molecule has 0 aliphatic rings. The van der Waals surface area contributed by atoms with Gasteiger partial charge in [-0.3, -0.25) is 0 Å². The molecule has 0 radical (unpaired) electrons. The Morgan fingerprint density at radius 1 is 0.429 bits per heavy atom. The van der Waals surface area contributed by atoms with Crippen LogP contribution in [0.5, 0.6) is 0 Å². The number of rotatable bonds is 0. The van der Waals surface area contributed by atoms with Crippen LogP contribution < -0.4 is 0 Å². The van der Waals surface area contributed by atoms with Gasteiger partial charge >= 0.3 is 0 Å². The number of nitrogens with zero attached hydrogens (tertiary/aromatic N) is 4. The summed E-state index contributed by atoms with van der Waals surface area (Å²) in [5.74, 6) is 0. The van der Waals surface area contributed by atoms with Crippen molar-refractivity contribution in [1.82, 2.24) is 0 Å². The fourth-order valence-corrected chi connectivity index (χ4v) is 0. The maximum Gasteiger partial charge on any atom is 0 e. The van der Waals surface area contributed by atoms with Gasteiger partial charge in [0.25, 0.3) is 0 Å². The van der Waals surface area contributed by atoms with Gasteiger partial charge in [-0.2, -0.15) is 0 Å². The van der Waals surface area contributed by atoms with Crippen molar-refractivity contribution in [3.63, 3.8) is 0 Å². The van der Waals surface area contributed by atoms with Crippen LogP contribution in [0.2, 0.25) is 0 Å². The van der Waals surface area contributed by atoms with Crippen LogP contribution in [0.15, 0.2) is 0 Å². The van der Waals surface area contributed by atoms with Gasteiger partial charge in [-0.05, 0) is 0 Å². The Kier molecular flexibility index (Phi) is 1470. The van der Waals surface area contributed by atoms with E-state index in [1.165, 1.54) is 0 Å². The fraction of sp³-hybridized carbons (Fsp3) is 1.00. The highest BCUT2D eigenvalue weighted by Crippen LogP contribution is 0.594. The first-order chi connectivity index (χ1) is 2.00. The van der Waals surface area contributed by atoms with E-state index < -0.39 is 0 Å². The summed E-state index contributed by atoms with van der Waals surface area (Å²) in [5, 5.41) is 24.0. The van der Waals surface area contributed by atoms with E-state index in [0.717, 1.165) is 0 Å². The molecule has 0 rings (SSSR count). The van der Waals surface area contributed by atoms with Crippen molar-refractivity contribution >= 4 is 0 Å². The second-order valence-electron chi connectivity index (χ2n) is 0. The molecule has 44 valence electrons. The zero-order valence-corrected chi connectivity index (χ0v) is 1.79. The molecule has 0 fully saturated rings. The molecule has 4 heteroatoms. The molecule has 0 bridgehead atoms. The molecule has 0 aliphatic heterocycles. The van der Waals surface area contributed by atoms with Crippen molar-refractivity contribution < 1.29 is 0 Å². The highest BCUT2D eigenvalue weighted by Gasteiger charge is 0.579. The minimum Gasteiger partial charge on any atom is -0.0776 e. The molecule has 0 saturated carbocycles. The molecule has 0 aromatic rings. The standard InChI is InChI=1S/3CH4.2N2/c;;;2*1-2/h3*1H4;;. The van der Waals surface area contributed by atoms with E-state index in [4.69, 9.17) is 21.6 Å². The lowest BCUT2D eigenvalue weighted by molar-refractivity contribution is 1.15. The lowest BCUT2D eigenvalue weighted by Gasteiger charge is -0.577. The minimum absolute atomic E-state index is 0. The molecule has 0 aromatic heterocycles. The summed E-state index contributed by atoms with van der Waals surface area (Å²) < 4.78 is 0.